The zero-order valence-corrected chi connectivity index (χ0v) is 9.99. The minimum atomic E-state index is -0.107. The molecule has 1 fully saturated rings. The molecule has 0 spiro atoms. The van der Waals surface area contributed by atoms with Crippen molar-refractivity contribution in [3.8, 4) is 0 Å². The molecule has 0 aromatic carbocycles. The zero-order valence-electron chi connectivity index (χ0n) is 9.99. The molecule has 0 bridgehead atoms. The molecule has 0 aromatic rings. The second kappa shape index (κ2) is 6.11. The molecule has 1 aliphatic heterocycles. The van der Waals surface area contributed by atoms with E-state index in [-0.39, 0.29) is 5.97 Å². The van der Waals surface area contributed by atoms with Crippen LogP contribution in [0.15, 0.2) is 0 Å². The Kier molecular flexibility index (Phi) is 5.09. The maximum atomic E-state index is 11.1. The lowest BCUT2D eigenvalue weighted by atomic mass is 9.92. The minimum Gasteiger partial charge on any atom is -0.469 e. The highest BCUT2D eigenvalue weighted by atomic mass is 16.6. The average Bonchev–Trinajstić information content (AvgIpc) is 2.95. The van der Waals surface area contributed by atoms with Crippen LogP contribution < -0.4 is 0 Å². The number of hydrogen-bond donors (Lipinski definition) is 0. The summed E-state index contributed by atoms with van der Waals surface area (Å²) in [7, 11) is 1.44. The lowest BCUT2D eigenvalue weighted by molar-refractivity contribution is -0.141. The Hall–Kier alpha value is -0.570. The Balaban J connectivity index is 2.26. The van der Waals surface area contributed by atoms with Gasteiger partial charge >= 0.3 is 5.97 Å². The SMILES string of the molecule is CCCCC(CCC(=O)OC)C1OC1C. The van der Waals surface area contributed by atoms with Crippen molar-refractivity contribution in [3.05, 3.63) is 0 Å². The molecule has 88 valence electrons. The fourth-order valence-corrected chi connectivity index (χ4v) is 2.04. The number of hydrogen-bond acceptors (Lipinski definition) is 3. The Morgan fingerprint density at radius 1 is 1.47 bits per heavy atom. The molecule has 1 aliphatic rings. The zero-order chi connectivity index (χ0) is 11.3. The lowest BCUT2D eigenvalue weighted by Crippen LogP contribution is -2.13. The third-order valence-electron chi connectivity index (χ3n) is 3.10. The Morgan fingerprint density at radius 2 is 2.13 bits per heavy atom. The second-order valence-corrected chi connectivity index (χ2v) is 4.32. The number of carbonyl (C=O) groups is 1. The molecule has 3 atom stereocenters. The molecule has 3 unspecified atom stereocenters. The topological polar surface area (TPSA) is 38.8 Å². The van der Waals surface area contributed by atoms with Gasteiger partial charge < -0.3 is 9.47 Å². The lowest BCUT2D eigenvalue weighted by Gasteiger charge is -2.13. The summed E-state index contributed by atoms with van der Waals surface area (Å²) in [6.45, 7) is 4.29. The molecule has 1 rings (SSSR count). The number of unbranched alkanes of at least 4 members (excludes halogenated alkanes) is 1. The van der Waals surface area contributed by atoms with E-state index in [1.165, 1.54) is 26.4 Å². The first-order valence-electron chi connectivity index (χ1n) is 5.91. The van der Waals surface area contributed by atoms with Crippen LogP contribution in [-0.4, -0.2) is 25.3 Å². The fraction of sp³-hybridized carbons (Fsp3) is 0.917. The summed E-state index contributed by atoms with van der Waals surface area (Å²) in [6.07, 6.45) is 5.81. The summed E-state index contributed by atoms with van der Waals surface area (Å²) in [5.74, 6) is 0.434. The third kappa shape index (κ3) is 4.20. The van der Waals surface area contributed by atoms with Crippen LogP contribution in [0.3, 0.4) is 0 Å². The largest absolute Gasteiger partial charge is 0.469 e. The number of carbonyl (C=O) groups excluding carboxylic acids is 1. The monoisotopic (exact) mass is 214 g/mol. The van der Waals surface area contributed by atoms with E-state index in [9.17, 15) is 4.79 Å². The number of ether oxygens (including phenoxy) is 2. The first-order valence-corrected chi connectivity index (χ1v) is 5.91. The molecule has 0 saturated carbocycles. The molecule has 0 amide bonds. The first-order chi connectivity index (χ1) is 7.19. The van der Waals surface area contributed by atoms with E-state index in [0.29, 0.717) is 24.5 Å². The first kappa shape index (κ1) is 12.5. The van der Waals surface area contributed by atoms with E-state index >= 15 is 0 Å². The molecule has 0 aromatic heterocycles. The van der Waals surface area contributed by atoms with Gasteiger partial charge in [0.25, 0.3) is 0 Å². The Bertz CT molecular complexity index is 203. The smallest absolute Gasteiger partial charge is 0.305 e. The minimum absolute atomic E-state index is 0.107. The fourth-order valence-electron chi connectivity index (χ4n) is 2.04. The highest BCUT2D eigenvalue weighted by molar-refractivity contribution is 5.69. The van der Waals surface area contributed by atoms with Gasteiger partial charge in [0.2, 0.25) is 0 Å². The van der Waals surface area contributed by atoms with Gasteiger partial charge in [-0.2, -0.15) is 0 Å². The van der Waals surface area contributed by atoms with Gasteiger partial charge in [-0.25, -0.2) is 0 Å². The van der Waals surface area contributed by atoms with E-state index in [0.717, 1.165) is 6.42 Å². The van der Waals surface area contributed by atoms with E-state index in [1.807, 2.05) is 0 Å². The highest BCUT2D eigenvalue weighted by Crippen LogP contribution is 2.34. The van der Waals surface area contributed by atoms with Crippen molar-refractivity contribution < 1.29 is 14.3 Å². The summed E-state index contributed by atoms with van der Waals surface area (Å²) < 4.78 is 10.1. The van der Waals surface area contributed by atoms with Crippen LogP contribution >= 0.6 is 0 Å². The Labute approximate surface area is 92.1 Å². The van der Waals surface area contributed by atoms with Gasteiger partial charge in [0.1, 0.15) is 0 Å². The summed E-state index contributed by atoms with van der Waals surface area (Å²) >= 11 is 0. The van der Waals surface area contributed by atoms with Crippen molar-refractivity contribution in [1.82, 2.24) is 0 Å². The van der Waals surface area contributed by atoms with Crippen molar-refractivity contribution >= 4 is 5.97 Å². The van der Waals surface area contributed by atoms with Crippen LogP contribution in [0, 0.1) is 5.92 Å². The van der Waals surface area contributed by atoms with Crippen LogP contribution in [0.5, 0.6) is 0 Å². The predicted octanol–water partition coefficient (Wildman–Crippen LogP) is 2.53. The van der Waals surface area contributed by atoms with Crippen LogP contribution in [0.2, 0.25) is 0 Å². The van der Waals surface area contributed by atoms with Crippen molar-refractivity contribution in [2.75, 3.05) is 7.11 Å². The molecule has 0 N–H and O–H groups in total. The molecular formula is C12H22O3. The highest BCUT2D eigenvalue weighted by Gasteiger charge is 2.40. The maximum Gasteiger partial charge on any atom is 0.305 e. The quantitative estimate of drug-likeness (QED) is 0.483. The van der Waals surface area contributed by atoms with Crippen LogP contribution in [0.4, 0.5) is 0 Å². The van der Waals surface area contributed by atoms with Gasteiger partial charge in [-0.05, 0) is 25.7 Å². The van der Waals surface area contributed by atoms with E-state index in [2.05, 4.69) is 18.6 Å². The van der Waals surface area contributed by atoms with Gasteiger partial charge in [0, 0.05) is 6.42 Å². The molecule has 1 heterocycles. The maximum absolute atomic E-state index is 11.1. The summed E-state index contributed by atoms with van der Waals surface area (Å²) in [4.78, 5) is 11.1. The molecule has 0 radical (unpaired) electrons. The van der Waals surface area contributed by atoms with E-state index < -0.39 is 0 Å². The van der Waals surface area contributed by atoms with Gasteiger partial charge in [0.05, 0.1) is 19.3 Å². The van der Waals surface area contributed by atoms with Crippen molar-refractivity contribution in [1.29, 1.82) is 0 Å². The summed E-state index contributed by atoms with van der Waals surface area (Å²) in [5.41, 5.74) is 0. The Morgan fingerprint density at radius 3 is 2.60 bits per heavy atom. The standard InChI is InChI=1S/C12H22O3/c1-4-5-6-10(12-9(2)15-12)7-8-11(13)14-3/h9-10,12H,4-8H2,1-3H3. The van der Waals surface area contributed by atoms with Crippen LogP contribution in [0.25, 0.3) is 0 Å². The van der Waals surface area contributed by atoms with E-state index in [4.69, 9.17) is 4.74 Å². The molecular weight excluding hydrogens is 192 g/mol. The summed E-state index contributed by atoms with van der Waals surface area (Å²) in [5, 5.41) is 0. The number of epoxide rings is 1. The second-order valence-electron chi connectivity index (χ2n) is 4.32. The molecule has 1 saturated heterocycles. The van der Waals surface area contributed by atoms with Gasteiger partial charge in [-0.3, -0.25) is 4.79 Å². The number of methoxy groups -OCH3 is 1. The number of rotatable bonds is 7. The average molecular weight is 214 g/mol. The van der Waals surface area contributed by atoms with Gasteiger partial charge in [0.15, 0.2) is 0 Å². The molecule has 3 heteroatoms. The van der Waals surface area contributed by atoms with Gasteiger partial charge in [-0.15, -0.1) is 0 Å². The normalized spacial score (nSPS) is 26.1. The van der Waals surface area contributed by atoms with Crippen LogP contribution in [-0.2, 0) is 14.3 Å². The third-order valence-corrected chi connectivity index (χ3v) is 3.10. The molecule has 15 heavy (non-hydrogen) atoms. The predicted molar refractivity (Wildman–Crippen MR) is 58.6 cm³/mol. The van der Waals surface area contributed by atoms with Crippen molar-refractivity contribution in [2.24, 2.45) is 5.92 Å². The summed E-state index contributed by atoms with van der Waals surface area (Å²) in [6, 6.07) is 0. The van der Waals surface area contributed by atoms with E-state index in [1.54, 1.807) is 0 Å². The van der Waals surface area contributed by atoms with Crippen LogP contribution in [0.1, 0.15) is 46.0 Å². The van der Waals surface area contributed by atoms with Crippen molar-refractivity contribution in [2.45, 2.75) is 58.2 Å². The van der Waals surface area contributed by atoms with Gasteiger partial charge in [-0.1, -0.05) is 19.8 Å². The van der Waals surface area contributed by atoms with Crippen molar-refractivity contribution in [3.63, 3.8) is 0 Å². The number of esters is 1. The molecule has 0 aliphatic carbocycles. The molecule has 3 nitrogen and oxygen atoms in total.